The molecule has 0 atom stereocenters. The zero-order valence-electron chi connectivity index (χ0n) is 13.8. The van der Waals surface area contributed by atoms with E-state index in [2.05, 4.69) is 15.3 Å². The average Bonchev–Trinajstić information content (AvgIpc) is 3.07. The summed E-state index contributed by atoms with van der Waals surface area (Å²) in [7, 11) is 0. The number of amides is 1. The third-order valence-corrected chi connectivity index (χ3v) is 4.33. The molecule has 4 aromatic rings. The lowest BCUT2D eigenvalue weighted by Crippen LogP contribution is -2.24. The van der Waals surface area contributed by atoms with Crippen LogP contribution in [0.2, 0.25) is 0 Å². The Morgan fingerprint density at radius 2 is 1.76 bits per heavy atom. The van der Waals surface area contributed by atoms with Crippen LogP contribution in [-0.4, -0.2) is 22.4 Å². The SMILES string of the molecule is O=C(NCCCc1nc2ccccc2[nH]1)c1ccc2ccccc2c1. The van der Waals surface area contributed by atoms with Gasteiger partial charge in [0.15, 0.2) is 0 Å². The maximum absolute atomic E-state index is 12.3. The number of fused-ring (bicyclic) bond motifs is 2. The Labute approximate surface area is 145 Å². The lowest BCUT2D eigenvalue weighted by Gasteiger charge is -2.06. The first-order chi connectivity index (χ1) is 12.3. The summed E-state index contributed by atoms with van der Waals surface area (Å²) in [5.41, 5.74) is 2.73. The van der Waals surface area contributed by atoms with Crippen LogP contribution in [0.3, 0.4) is 0 Å². The Morgan fingerprint density at radius 3 is 2.64 bits per heavy atom. The van der Waals surface area contributed by atoms with E-state index in [0.29, 0.717) is 12.1 Å². The van der Waals surface area contributed by atoms with Crippen molar-refractivity contribution in [3.8, 4) is 0 Å². The molecule has 124 valence electrons. The van der Waals surface area contributed by atoms with Crippen LogP contribution in [0.4, 0.5) is 0 Å². The second-order valence-electron chi connectivity index (χ2n) is 6.12. The minimum Gasteiger partial charge on any atom is -0.352 e. The molecule has 1 amide bonds. The number of H-pyrrole nitrogens is 1. The molecule has 0 saturated carbocycles. The van der Waals surface area contributed by atoms with Gasteiger partial charge in [0.25, 0.3) is 5.91 Å². The minimum atomic E-state index is -0.0321. The molecule has 0 bridgehead atoms. The maximum atomic E-state index is 12.3. The van der Waals surface area contributed by atoms with Gasteiger partial charge in [-0.1, -0.05) is 42.5 Å². The van der Waals surface area contributed by atoms with Crippen molar-refractivity contribution >= 4 is 27.7 Å². The smallest absolute Gasteiger partial charge is 0.251 e. The Bertz CT molecular complexity index is 1000. The van der Waals surface area contributed by atoms with Crippen LogP contribution in [0.1, 0.15) is 22.6 Å². The van der Waals surface area contributed by atoms with Crippen LogP contribution in [0.15, 0.2) is 66.7 Å². The molecular formula is C21H19N3O. The third kappa shape index (κ3) is 3.38. The fourth-order valence-corrected chi connectivity index (χ4v) is 3.01. The number of carbonyl (C=O) groups is 1. The number of para-hydroxylation sites is 2. The van der Waals surface area contributed by atoms with Crippen molar-refractivity contribution in [2.45, 2.75) is 12.8 Å². The number of nitrogens with zero attached hydrogens (tertiary/aromatic N) is 1. The molecule has 0 aliphatic rings. The highest BCUT2D eigenvalue weighted by Crippen LogP contribution is 2.15. The molecule has 2 N–H and O–H groups in total. The highest BCUT2D eigenvalue weighted by molar-refractivity contribution is 5.98. The zero-order valence-corrected chi connectivity index (χ0v) is 13.8. The number of benzene rings is 3. The van der Waals surface area contributed by atoms with E-state index >= 15 is 0 Å². The summed E-state index contributed by atoms with van der Waals surface area (Å²) in [5, 5.41) is 5.21. The number of hydrogen-bond donors (Lipinski definition) is 2. The topological polar surface area (TPSA) is 57.8 Å². The summed E-state index contributed by atoms with van der Waals surface area (Å²) < 4.78 is 0. The normalized spacial score (nSPS) is 11.0. The monoisotopic (exact) mass is 329 g/mol. The van der Waals surface area contributed by atoms with Crippen molar-refractivity contribution in [1.82, 2.24) is 15.3 Å². The molecule has 4 nitrogen and oxygen atoms in total. The average molecular weight is 329 g/mol. The van der Waals surface area contributed by atoms with Crippen molar-refractivity contribution in [2.75, 3.05) is 6.54 Å². The Hall–Kier alpha value is -3.14. The van der Waals surface area contributed by atoms with Gasteiger partial charge in [-0.15, -0.1) is 0 Å². The molecule has 4 rings (SSSR count). The predicted molar refractivity (Wildman–Crippen MR) is 101 cm³/mol. The van der Waals surface area contributed by atoms with Gasteiger partial charge >= 0.3 is 0 Å². The molecular weight excluding hydrogens is 310 g/mol. The maximum Gasteiger partial charge on any atom is 0.251 e. The Kier molecular flexibility index (Phi) is 4.17. The van der Waals surface area contributed by atoms with E-state index in [1.54, 1.807) is 0 Å². The van der Waals surface area contributed by atoms with Gasteiger partial charge in [0, 0.05) is 18.5 Å². The molecule has 1 aromatic heterocycles. The van der Waals surface area contributed by atoms with Crippen molar-refractivity contribution in [3.63, 3.8) is 0 Å². The van der Waals surface area contributed by atoms with E-state index in [9.17, 15) is 4.79 Å². The van der Waals surface area contributed by atoms with Crippen LogP contribution in [0, 0.1) is 0 Å². The van der Waals surface area contributed by atoms with Gasteiger partial charge in [-0.3, -0.25) is 4.79 Å². The number of rotatable bonds is 5. The van der Waals surface area contributed by atoms with Crippen LogP contribution in [-0.2, 0) is 6.42 Å². The van der Waals surface area contributed by atoms with Gasteiger partial charge < -0.3 is 10.3 Å². The minimum absolute atomic E-state index is 0.0321. The molecule has 0 saturated heterocycles. The number of imidazole rings is 1. The quantitative estimate of drug-likeness (QED) is 0.542. The van der Waals surface area contributed by atoms with Gasteiger partial charge in [-0.2, -0.15) is 0 Å². The molecule has 1 heterocycles. The third-order valence-electron chi connectivity index (χ3n) is 4.33. The number of nitrogens with one attached hydrogen (secondary N) is 2. The second kappa shape index (κ2) is 6.77. The summed E-state index contributed by atoms with van der Waals surface area (Å²) in [6.07, 6.45) is 1.66. The summed E-state index contributed by atoms with van der Waals surface area (Å²) in [5.74, 6) is 0.927. The summed E-state index contributed by atoms with van der Waals surface area (Å²) in [6.45, 7) is 0.628. The fourth-order valence-electron chi connectivity index (χ4n) is 3.01. The molecule has 0 unspecified atom stereocenters. The van der Waals surface area contributed by atoms with E-state index in [0.717, 1.165) is 40.5 Å². The number of aromatic amines is 1. The Balaban J connectivity index is 1.33. The zero-order chi connectivity index (χ0) is 17.1. The number of carbonyl (C=O) groups excluding carboxylic acids is 1. The largest absolute Gasteiger partial charge is 0.352 e. The lowest BCUT2D eigenvalue weighted by atomic mass is 10.1. The molecule has 4 heteroatoms. The molecule has 3 aromatic carbocycles. The first-order valence-corrected chi connectivity index (χ1v) is 8.50. The fraction of sp³-hybridized carbons (Fsp3) is 0.143. The standard InChI is InChI=1S/C21H19N3O/c25-21(17-12-11-15-6-1-2-7-16(15)14-17)22-13-5-10-20-23-18-8-3-4-9-19(18)24-20/h1-4,6-9,11-12,14H,5,10,13H2,(H,22,25)(H,23,24). The first-order valence-electron chi connectivity index (χ1n) is 8.50. The van der Waals surface area contributed by atoms with Crippen LogP contribution >= 0.6 is 0 Å². The summed E-state index contributed by atoms with van der Waals surface area (Å²) in [6, 6.07) is 21.8. The number of aromatic nitrogens is 2. The Morgan fingerprint density at radius 1 is 0.960 bits per heavy atom. The van der Waals surface area contributed by atoms with Gasteiger partial charge in [-0.05, 0) is 41.5 Å². The summed E-state index contributed by atoms with van der Waals surface area (Å²) in [4.78, 5) is 20.2. The van der Waals surface area contributed by atoms with Gasteiger partial charge in [-0.25, -0.2) is 4.98 Å². The van der Waals surface area contributed by atoms with Crippen LogP contribution in [0.5, 0.6) is 0 Å². The van der Waals surface area contributed by atoms with Crippen molar-refractivity contribution in [1.29, 1.82) is 0 Å². The molecule has 0 fully saturated rings. The molecule has 25 heavy (non-hydrogen) atoms. The van der Waals surface area contributed by atoms with Gasteiger partial charge in [0.1, 0.15) is 5.82 Å². The lowest BCUT2D eigenvalue weighted by molar-refractivity contribution is 0.0953. The molecule has 0 aliphatic carbocycles. The number of hydrogen-bond acceptors (Lipinski definition) is 2. The highest BCUT2D eigenvalue weighted by Gasteiger charge is 2.06. The van der Waals surface area contributed by atoms with E-state index in [1.807, 2.05) is 66.7 Å². The summed E-state index contributed by atoms with van der Waals surface area (Å²) >= 11 is 0. The van der Waals surface area contributed by atoms with E-state index in [1.165, 1.54) is 0 Å². The number of aryl methyl sites for hydroxylation is 1. The van der Waals surface area contributed by atoms with E-state index in [-0.39, 0.29) is 5.91 Å². The predicted octanol–water partition coefficient (Wildman–Crippen LogP) is 4.08. The molecule has 0 spiro atoms. The van der Waals surface area contributed by atoms with Gasteiger partial charge in [0.2, 0.25) is 0 Å². The van der Waals surface area contributed by atoms with Crippen molar-refractivity contribution < 1.29 is 4.79 Å². The van der Waals surface area contributed by atoms with Crippen LogP contribution in [0.25, 0.3) is 21.8 Å². The highest BCUT2D eigenvalue weighted by atomic mass is 16.1. The van der Waals surface area contributed by atoms with E-state index in [4.69, 9.17) is 0 Å². The van der Waals surface area contributed by atoms with Crippen LogP contribution < -0.4 is 5.32 Å². The molecule has 0 aliphatic heterocycles. The second-order valence-corrected chi connectivity index (χ2v) is 6.12. The van der Waals surface area contributed by atoms with Gasteiger partial charge in [0.05, 0.1) is 11.0 Å². The van der Waals surface area contributed by atoms with Crippen molar-refractivity contribution in [2.24, 2.45) is 0 Å². The van der Waals surface area contributed by atoms with E-state index < -0.39 is 0 Å². The molecule has 0 radical (unpaired) electrons. The van der Waals surface area contributed by atoms with Crippen molar-refractivity contribution in [3.05, 3.63) is 78.1 Å². The first kappa shape index (κ1) is 15.4.